The molecule has 2 aliphatic rings. The van der Waals surface area contributed by atoms with Crippen LogP contribution in [0.15, 0.2) is 0 Å². The maximum absolute atomic E-state index is 2.52. The van der Waals surface area contributed by atoms with Crippen molar-refractivity contribution in [1.29, 1.82) is 0 Å². The van der Waals surface area contributed by atoms with Crippen LogP contribution in [0.3, 0.4) is 0 Å². The molecule has 0 aromatic rings. The average molecular weight is 349 g/mol. The fourth-order valence-corrected chi connectivity index (χ4v) is 5.62. The van der Waals surface area contributed by atoms with Crippen molar-refractivity contribution in [1.82, 2.24) is 0 Å². The highest BCUT2D eigenvalue weighted by Crippen LogP contribution is 2.37. The molecule has 0 amide bonds. The summed E-state index contributed by atoms with van der Waals surface area (Å²) in [5.41, 5.74) is 0. The third-order valence-corrected chi connectivity index (χ3v) is 8.25. The van der Waals surface area contributed by atoms with Gasteiger partial charge in [-0.15, -0.1) is 0 Å². The molecular formula is C25H48. The minimum atomic E-state index is 0.950. The first kappa shape index (κ1) is 21.3. The first-order valence-corrected chi connectivity index (χ1v) is 12.0. The molecule has 5 unspecified atom stereocenters. The summed E-state index contributed by atoms with van der Waals surface area (Å²) in [6.07, 6.45) is 19.4. The molecule has 0 spiro atoms. The topological polar surface area (TPSA) is 0 Å². The summed E-state index contributed by atoms with van der Waals surface area (Å²) in [4.78, 5) is 0. The third kappa shape index (κ3) is 7.64. The van der Waals surface area contributed by atoms with Gasteiger partial charge in [-0.1, -0.05) is 105 Å². The molecule has 0 N–H and O–H groups in total. The molecule has 148 valence electrons. The molecule has 0 radical (unpaired) electrons. The number of hydrogen-bond acceptors (Lipinski definition) is 0. The van der Waals surface area contributed by atoms with Crippen molar-refractivity contribution >= 4 is 0 Å². The van der Waals surface area contributed by atoms with Crippen molar-refractivity contribution < 1.29 is 0 Å². The molecule has 7 atom stereocenters. The summed E-state index contributed by atoms with van der Waals surface area (Å²) in [6.45, 7) is 12.5. The van der Waals surface area contributed by atoms with Crippen LogP contribution < -0.4 is 0 Å². The summed E-state index contributed by atoms with van der Waals surface area (Å²) < 4.78 is 0. The first-order valence-electron chi connectivity index (χ1n) is 12.0. The number of rotatable bonds is 9. The normalized spacial score (nSPS) is 36.1. The van der Waals surface area contributed by atoms with Crippen LogP contribution in [0.5, 0.6) is 0 Å². The first-order chi connectivity index (χ1) is 12.0. The van der Waals surface area contributed by atoms with Gasteiger partial charge in [-0.3, -0.25) is 0 Å². The van der Waals surface area contributed by atoms with Gasteiger partial charge in [0.2, 0.25) is 0 Å². The zero-order valence-corrected chi connectivity index (χ0v) is 18.2. The van der Waals surface area contributed by atoms with E-state index in [1.807, 2.05) is 0 Å². The van der Waals surface area contributed by atoms with Gasteiger partial charge in [0.15, 0.2) is 0 Å². The molecule has 0 aromatic carbocycles. The average Bonchev–Trinajstić information content (AvgIpc) is 2.60. The molecule has 0 nitrogen and oxygen atoms in total. The highest BCUT2D eigenvalue weighted by molar-refractivity contribution is 4.76. The zero-order valence-electron chi connectivity index (χ0n) is 18.2. The standard InChI is InChI=1S/C25H48/c1-19(12-15-24-16-14-21(3)23(5)18-24)10-11-20(2)13-17-25-9-7-6-8-22(25)4/h19-25H,6-18H2,1-5H3/t19?,20-,21?,22?,23+,24?,25?/m0/s1. The molecule has 0 aliphatic heterocycles. The summed E-state index contributed by atoms with van der Waals surface area (Å²) in [7, 11) is 0. The molecule has 0 aromatic heterocycles. The Morgan fingerprint density at radius 1 is 0.640 bits per heavy atom. The van der Waals surface area contributed by atoms with E-state index in [1.165, 1.54) is 83.5 Å². The minimum absolute atomic E-state index is 0.950. The van der Waals surface area contributed by atoms with Crippen LogP contribution in [0.25, 0.3) is 0 Å². The van der Waals surface area contributed by atoms with E-state index < -0.39 is 0 Å². The maximum atomic E-state index is 2.52. The maximum Gasteiger partial charge on any atom is -0.0388 e. The van der Waals surface area contributed by atoms with E-state index in [4.69, 9.17) is 0 Å². The van der Waals surface area contributed by atoms with Crippen molar-refractivity contribution in [2.24, 2.45) is 41.4 Å². The van der Waals surface area contributed by atoms with Gasteiger partial charge < -0.3 is 0 Å². The molecule has 2 aliphatic carbocycles. The van der Waals surface area contributed by atoms with Crippen LogP contribution in [-0.4, -0.2) is 0 Å². The SMILES string of the molecule is CC(CCC1CCC(C)[C@H](C)C1)CC[C@H](C)CCC1CCCCC1C. The molecule has 0 bridgehead atoms. The quantitative estimate of drug-likeness (QED) is 0.392. The summed E-state index contributed by atoms with van der Waals surface area (Å²) in [6, 6.07) is 0. The number of hydrogen-bond donors (Lipinski definition) is 0. The van der Waals surface area contributed by atoms with Gasteiger partial charge in [-0.2, -0.15) is 0 Å². The molecule has 2 saturated carbocycles. The second-order valence-corrected chi connectivity index (χ2v) is 10.6. The highest BCUT2D eigenvalue weighted by atomic mass is 14.3. The summed E-state index contributed by atoms with van der Waals surface area (Å²) >= 11 is 0. The fraction of sp³-hybridized carbons (Fsp3) is 1.00. The van der Waals surface area contributed by atoms with Crippen molar-refractivity contribution in [2.45, 2.75) is 118 Å². The van der Waals surface area contributed by atoms with Gasteiger partial charge in [0.25, 0.3) is 0 Å². The Morgan fingerprint density at radius 2 is 1.28 bits per heavy atom. The summed E-state index contributed by atoms with van der Waals surface area (Å²) in [5, 5.41) is 0. The molecular weight excluding hydrogens is 300 g/mol. The van der Waals surface area contributed by atoms with E-state index in [2.05, 4.69) is 34.6 Å². The van der Waals surface area contributed by atoms with Crippen LogP contribution in [-0.2, 0) is 0 Å². The van der Waals surface area contributed by atoms with Crippen molar-refractivity contribution in [3.05, 3.63) is 0 Å². The van der Waals surface area contributed by atoms with E-state index >= 15 is 0 Å². The van der Waals surface area contributed by atoms with Gasteiger partial charge >= 0.3 is 0 Å². The lowest BCUT2D eigenvalue weighted by Crippen LogP contribution is -2.21. The molecule has 0 heteroatoms. The molecule has 2 rings (SSSR count). The second kappa shape index (κ2) is 11.0. The minimum Gasteiger partial charge on any atom is -0.0625 e. The Balaban J connectivity index is 1.54. The lowest BCUT2D eigenvalue weighted by atomic mass is 9.73. The molecule has 0 saturated heterocycles. The van der Waals surface area contributed by atoms with Gasteiger partial charge in [-0.25, -0.2) is 0 Å². The lowest BCUT2D eigenvalue weighted by molar-refractivity contribution is 0.191. The monoisotopic (exact) mass is 348 g/mol. The predicted octanol–water partition coefficient (Wildman–Crippen LogP) is 8.50. The molecule has 25 heavy (non-hydrogen) atoms. The van der Waals surface area contributed by atoms with E-state index in [0.29, 0.717) is 0 Å². The van der Waals surface area contributed by atoms with E-state index in [9.17, 15) is 0 Å². The van der Waals surface area contributed by atoms with Crippen molar-refractivity contribution in [3.8, 4) is 0 Å². The second-order valence-electron chi connectivity index (χ2n) is 10.6. The van der Waals surface area contributed by atoms with Gasteiger partial charge in [-0.05, 0) is 54.3 Å². The Labute approximate surface area is 159 Å². The van der Waals surface area contributed by atoms with Crippen LogP contribution in [0.4, 0.5) is 0 Å². The molecule has 0 heterocycles. The van der Waals surface area contributed by atoms with Crippen molar-refractivity contribution in [3.63, 3.8) is 0 Å². The van der Waals surface area contributed by atoms with Crippen molar-refractivity contribution in [2.75, 3.05) is 0 Å². The van der Waals surface area contributed by atoms with Crippen LogP contribution in [0.1, 0.15) is 118 Å². The van der Waals surface area contributed by atoms with E-state index in [1.54, 1.807) is 0 Å². The Morgan fingerprint density at radius 3 is 1.92 bits per heavy atom. The highest BCUT2D eigenvalue weighted by Gasteiger charge is 2.25. The lowest BCUT2D eigenvalue weighted by Gasteiger charge is -2.32. The fourth-order valence-electron chi connectivity index (χ4n) is 5.62. The van der Waals surface area contributed by atoms with Gasteiger partial charge in [0.1, 0.15) is 0 Å². The Bertz CT molecular complexity index is 346. The predicted molar refractivity (Wildman–Crippen MR) is 113 cm³/mol. The van der Waals surface area contributed by atoms with Crippen LogP contribution >= 0.6 is 0 Å². The molecule has 2 fully saturated rings. The van der Waals surface area contributed by atoms with E-state index in [0.717, 1.165) is 41.4 Å². The Kier molecular flexibility index (Phi) is 9.36. The van der Waals surface area contributed by atoms with Crippen LogP contribution in [0.2, 0.25) is 0 Å². The largest absolute Gasteiger partial charge is 0.0625 e. The third-order valence-electron chi connectivity index (χ3n) is 8.25. The zero-order chi connectivity index (χ0) is 18.2. The smallest absolute Gasteiger partial charge is 0.0388 e. The van der Waals surface area contributed by atoms with Gasteiger partial charge in [0.05, 0.1) is 0 Å². The Hall–Kier alpha value is 0. The summed E-state index contributed by atoms with van der Waals surface area (Å²) in [5.74, 6) is 6.93. The van der Waals surface area contributed by atoms with Gasteiger partial charge in [0, 0.05) is 0 Å². The van der Waals surface area contributed by atoms with E-state index in [-0.39, 0.29) is 0 Å². The van der Waals surface area contributed by atoms with Crippen LogP contribution in [0, 0.1) is 41.4 Å².